The first-order valence-electron chi connectivity index (χ1n) is 5.72. The van der Waals surface area contributed by atoms with Gasteiger partial charge >= 0.3 is 76.9 Å². The second kappa shape index (κ2) is 7.76. The molecule has 0 aromatic heterocycles. The van der Waals surface area contributed by atoms with Gasteiger partial charge in [-0.1, -0.05) is 0 Å². The monoisotopic (exact) mass is 524 g/mol. The van der Waals surface area contributed by atoms with E-state index < -0.39 is 55.1 Å². The van der Waals surface area contributed by atoms with E-state index in [9.17, 15) is 88.3 Å². The molecule has 0 spiro atoms. The van der Waals surface area contributed by atoms with Crippen LogP contribution in [0.15, 0.2) is 0 Å². The van der Waals surface area contributed by atoms with Crippen molar-refractivity contribution in [3.63, 3.8) is 0 Å². The third-order valence-electron chi connectivity index (χ3n) is 3.04. The molecular formula is C8F18NaO2P. The summed E-state index contributed by atoms with van der Waals surface area (Å²) in [6, 6.07) is 0. The summed E-state index contributed by atoms with van der Waals surface area (Å²) < 4.78 is 236. The van der Waals surface area contributed by atoms with Crippen molar-refractivity contribution < 1.29 is 118 Å². The van der Waals surface area contributed by atoms with E-state index in [1.807, 2.05) is 0 Å². The molecule has 0 heterocycles. The zero-order chi connectivity index (χ0) is 24.5. The van der Waals surface area contributed by atoms with Crippen molar-refractivity contribution in [3.05, 3.63) is 0 Å². The van der Waals surface area contributed by atoms with E-state index in [1.165, 1.54) is 0 Å². The topological polar surface area (TPSA) is 40.1 Å². The summed E-state index contributed by atoms with van der Waals surface area (Å²) >= 11 is 0. The minimum absolute atomic E-state index is 0. The quantitative estimate of drug-likeness (QED) is 0.292. The summed E-state index contributed by atoms with van der Waals surface area (Å²) in [5.41, 5.74) is -8.04. The van der Waals surface area contributed by atoms with Crippen molar-refractivity contribution in [2.45, 2.75) is 47.4 Å². The fourth-order valence-corrected chi connectivity index (χ4v) is 1.80. The summed E-state index contributed by atoms with van der Waals surface area (Å²) in [4.78, 5) is 9.76. The van der Waals surface area contributed by atoms with E-state index in [-0.39, 0.29) is 29.6 Å². The van der Waals surface area contributed by atoms with Crippen LogP contribution < -0.4 is 34.5 Å². The largest absolute Gasteiger partial charge is 1.00 e. The Bertz CT molecular complexity index is 676. The van der Waals surface area contributed by atoms with Gasteiger partial charge in [-0.25, -0.2) is 0 Å². The van der Waals surface area contributed by atoms with Crippen molar-refractivity contribution in [1.82, 2.24) is 0 Å². The summed E-state index contributed by atoms with van der Waals surface area (Å²) in [7, 11) is -8.72. The molecular weight excluding hydrogens is 524 g/mol. The summed E-state index contributed by atoms with van der Waals surface area (Å²) in [6.45, 7) is 0. The minimum atomic E-state index is -8.94. The molecule has 0 aliphatic rings. The van der Waals surface area contributed by atoms with E-state index >= 15 is 0 Å². The molecule has 0 saturated carbocycles. The van der Waals surface area contributed by atoms with Crippen LogP contribution in [0.2, 0.25) is 0 Å². The SMILES string of the molecule is O=P([O-])(F)C(F)(F)C(F)(F)C(F)(F)C(F)(F)C(F)(F)C(F)(F)C(F)(F)C(F)(F)F.[Na+]. The van der Waals surface area contributed by atoms with Gasteiger partial charge in [0.05, 0.1) is 0 Å². The fraction of sp³-hybridized carbons (Fsp3) is 1.00. The van der Waals surface area contributed by atoms with Crippen LogP contribution in [0.5, 0.6) is 0 Å². The van der Waals surface area contributed by atoms with E-state index in [4.69, 9.17) is 0 Å². The van der Waals surface area contributed by atoms with Gasteiger partial charge in [-0.2, -0.15) is 78.8 Å². The molecule has 0 aliphatic heterocycles. The van der Waals surface area contributed by atoms with Gasteiger partial charge in [0.1, 0.15) is 0 Å². The molecule has 0 rings (SSSR count). The van der Waals surface area contributed by atoms with Gasteiger partial charge in [-0.05, 0) is 0 Å². The molecule has 30 heavy (non-hydrogen) atoms. The maximum Gasteiger partial charge on any atom is 1.00 e. The zero-order valence-corrected chi connectivity index (χ0v) is 16.0. The van der Waals surface area contributed by atoms with E-state index in [2.05, 4.69) is 0 Å². The molecule has 0 radical (unpaired) electrons. The zero-order valence-electron chi connectivity index (χ0n) is 13.1. The van der Waals surface area contributed by atoms with E-state index in [1.54, 1.807) is 0 Å². The summed E-state index contributed by atoms with van der Waals surface area (Å²) in [5.74, 6) is -52.3. The Balaban J connectivity index is 0. The molecule has 0 aliphatic carbocycles. The molecule has 0 aromatic rings. The predicted octanol–water partition coefficient (Wildman–Crippen LogP) is 2.48. The van der Waals surface area contributed by atoms with Crippen LogP contribution in [0.25, 0.3) is 0 Å². The Labute approximate surface area is 173 Å². The number of hydrogen-bond donors (Lipinski definition) is 0. The maximum absolute atomic E-state index is 13.0. The Morgan fingerprint density at radius 1 is 0.467 bits per heavy atom. The Morgan fingerprint density at radius 2 is 0.667 bits per heavy atom. The van der Waals surface area contributed by atoms with Crippen LogP contribution >= 0.6 is 7.68 Å². The molecule has 0 saturated heterocycles. The smallest absolute Gasteiger partial charge is 0.770 e. The minimum Gasteiger partial charge on any atom is -0.770 e. The second-order valence-electron chi connectivity index (χ2n) is 4.97. The molecule has 0 amide bonds. The van der Waals surface area contributed by atoms with Gasteiger partial charge < -0.3 is 4.89 Å². The molecule has 22 heteroatoms. The second-order valence-corrected chi connectivity index (χ2v) is 6.49. The van der Waals surface area contributed by atoms with Crippen LogP contribution in [0.4, 0.5) is 78.8 Å². The van der Waals surface area contributed by atoms with Gasteiger partial charge in [0, 0.05) is 0 Å². The first kappa shape index (κ1) is 32.1. The molecule has 0 bridgehead atoms. The van der Waals surface area contributed by atoms with Crippen LogP contribution in [0.1, 0.15) is 0 Å². The van der Waals surface area contributed by atoms with Crippen molar-refractivity contribution in [2.75, 3.05) is 0 Å². The number of halogens is 18. The molecule has 0 aromatic carbocycles. The third kappa shape index (κ3) is 3.91. The van der Waals surface area contributed by atoms with Crippen LogP contribution in [-0.2, 0) is 4.57 Å². The third-order valence-corrected chi connectivity index (χ3v) is 3.99. The first-order chi connectivity index (χ1) is 12.0. The first-order valence-corrected chi connectivity index (χ1v) is 7.24. The van der Waals surface area contributed by atoms with Crippen molar-refractivity contribution in [2.24, 2.45) is 0 Å². The maximum atomic E-state index is 13.0. The molecule has 0 fully saturated rings. The average Bonchev–Trinajstić information content (AvgIpc) is 2.43. The molecule has 176 valence electrons. The Kier molecular flexibility index (Phi) is 8.31. The number of rotatable bonds is 7. The molecule has 0 N–H and O–H groups in total. The van der Waals surface area contributed by atoms with E-state index in [0.29, 0.717) is 0 Å². The van der Waals surface area contributed by atoms with Gasteiger partial charge in [-0.15, -0.1) is 0 Å². The normalized spacial score (nSPS) is 18.0. The van der Waals surface area contributed by atoms with Crippen molar-refractivity contribution in [1.29, 1.82) is 0 Å². The van der Waals surface area contributed by atoms with Gasteiger partial charge in [0.25, 0.3) is 7.68 Å². The standard InChI is InChI=1S/C8HF18O2P.Na/c9-1(10,3(13,14)5(17,18)7(21,22)23)2(11,12)4(15,16)6(19,20)8(24,25)29(26,27)28;/h(H,27,28);/q;+1/p-1. The summed E-state index contributed by atoms with van der Waals surface area (Å²) in [6.07, 6.45) is -7.90. The number of alkyl halides is 17. The average molecular weight is 524 g/mol. The molecule has 1 atom stereocenters. The summed E-state index contributed by atoms with van der Waals surface area (Å²) in [5, 5.41) is 0. The predicted molar refractivity (Wildman–Crippen MR) is 49.4 cm³/mol. The van der Waals surface area contributed by atoms with Gasteiger partial charge in [0.15, 0.2) is 0 Å². The molecule has 1 unspecified atom stereocenters. The Hall–Kier alpha value is -0.0700. The van der Waals surface area contributed by atoms with Gasteiger partial charge in [0.2, 0.25) is 0 Å². The van der Waals surface area contributed by atoms with Crippen LogP contribution in [-0.4, -0.2) is 47.4 Å². The van der Waals surface area contributed by atoms with E-state index in [0.717, 1.165) is 0 Å². The Morgan fingerprint density at radius 3 is 0.867 bits per heavy atom. The number of hydrogen-bond acceptors (Lipinski definition) is 2. The molecule has 2 nitrogen and oxygen atoms in total. The fourth-order valence-electron chi connectivity index (χ4n) is 1.32. The van der Waals surface area contributed by atoms with Gasteiger partial charge in [-0.3, -0.25) is 4.57 Å². The van der Waals surface area contributed by atoms with Crippen molar-refractivity contribution >= 4 is 7.68 Å². The van der Waals surface area contributed by atoms with Crippen LogP contribution in [0.3, 0.4) is 0 Å². The van der Waals surface area contributed by atoms with Crippen molar-refractivity contribution in [3.8, 4) is 0 Å². The van der Waals surface area contributed by atoms with Crippen LogP contribution in [0, 0.1) is 0 Å².